The highest BCUT2D eigenvalue weighted by atomic mass is 79.9. The van der Waals surface area contributed by atoms with E-state index >= 15 is 0 Å². The van der Waals surface area contributed by atoms with Crippen LogP contribution in [0.5, 0.6) is 5.75 Å². The normalized spacial score (nSPS) is 21.8. The second-order valence-electron chi connectivity index (χ2n) is 10.4. The van der Waals surface area contributed by atoms with Crippen LogP contribution in [0, 0.1) is 5.41 Å². The topological polar surface area (TPSA) is 63.7 Å². The summed E-state index contributed by atoms with van der Waals surface area (Å²) in [5.74, 6) is -0.810. The lowest BCUT2D eigenvalue weighted by Gasteiger charge is -2.37. The molecule has 1 aliphatic carbocycles. The van der Waals surface area contributed by atoms with E-state index < -0.39 is 23.4 Å². The minimum Gasteiger partial charge on any atom is -0.497 e. The molecule has 0 radical (unpaired) electrons. The zero-order valence-electron chi connectivity index (χ0n) is 21.6. The van der Waals surface area contributed by atoms with E-state index in [-0.39, 0.29) is 17.3 Å². The van der Waals surface area contributed by atoms with E-state index in [0.29, 0.717) is 28.0 Å². The predicted molar refractivity (Wildman–Crippen MR) is 157 cm³/mol. The Morgan fingerprint density at radius 2 is 1.55 bits per heavy atom. The van der Waals surface area contributed by atoms with Crippen LogP contribution >= 0.6 is 15.9 Å². The Kier molecular flexibility index (Phi) is 5.65. The van der Waals surface area contributed by atoms with E-state index in [1.54, 1.807) is 43.5 Å². The van der Waals surface area contributed by atoms with Gasteiger partial charge in [0.2, 0.25) is 0 Å². The molecular formula is C34H24BrNO4. The first kappa shape index (κ1) is 24.7. The van der Waals surface area contributed by atoms with Gasteiger partial charge in [0.1, 0.15) is 17.2 Å². The van der Waals surface area contributed by atoms with Crippen LogP contribution in [0.2, 0.25) is 0 Å². The summed E-state index contributed by atoms with van der Waals surface area (Å²) in [4.78, 5) is 46.0. The van der Waals surface area contributed by atoms with E-state index in [1.807, 2.05) is 77.7 Å². The molecule has 196 valence electrons. The van der Waals surface area contributed by atoms with Gasteiger partial charge in [-0.25, -0.2) is 0 Å². The molecule has 3 atom stereocenters. The summed E-state index contributed by atoms with van der Waals surface area (Å²) in [6, 6.07) is 27.9. The summed E-state index contributed by atoms with van der Waals surface area (Å²) in [7, 11) is 1.58. The number of anilines is 1. The van der Waals surface area contributed by atoms with Gasteiger partial charge in [0.05, 0.1) is 13.2 Å². The van der Waals surface area contributed by atoms with Crippen molar-refractivity contribution in [2.45, 2.75) is 18.0 Å². The second kappa shape index (κ2) is 9.14. The highest BCUT2D eigenvalue weighted by molar-refractivity contribution is 9.10. The SMILES string of the molecule is COc1cccc([C@H]2[C@H](C(=O)c3ccccc3)N3c4ccc(Br)cc4C=CC3C23C(=O)c2ccccc2C3=O)c1. The molecule has 2 heterocycles. The molecule has 40 heavy (non-hydrogen) atoms. The lowest BCUT2D eigenvalue weighted by atomic mass is 9.64. The number of hydrogen-bond acceptors (Lipinski definition) is 5. The molecule has 1 unspecified atom stereocenters. The van der Waals surface area contributed by atoms with Gasteiger partial charge in [0.25, 0.3) is 0 Å². The van der Waals surface area contributed by atoms with Gasteiger partial charge in [0.15, 0.2) is 17.3 Å². The lowest BCUT2D eigenvalue weighted by Crippen LogP contribution is -2.48. The Morgan fingerprint density at radius 3 is 2.25 bits per heavy atom. The van der Waals surface area contributed by atoms with Crippen molar-refractivity contribution in [1.82, 2.24) is 0 Å². The minimum atomic E-state index is -1.54. The molecule has 0 bridgehead atoms. The van der Waals surface area contributed by atoms with Gasteiger partial charge in [-0.1, -0.05) is 94.8 Å². The summed E-state index contributed by atoms with van der Waals surface area (Å²) in [5, 5.41) is 0. The standard InChI is InChI=1S/C34H24BrNO4/c1-40-24-11-7-10-22(19-24)29-30(31(37)20-8-3-2-4-9-20)36-27-16-15-23(35)18-21(27)14-17-28(36)34(29)32(38)25-12-5-6-13-26(25)33(34)39/h2-19,28-30H,1H3/t28?,29-,30+/m0/s1. The fourth-order valence-electron chi connectivity index (χ4n) is 6.93. The van der Waals surface area contributed by atoms with Crippen molar-refractivity contribution in [3.8, 4) is 5.75 Å². The Labute approximate surface area is 240 Å². The van der Waals surface area contributed by atoms with Crippen molar-refractivity contribution < 1.29 is 19.1 Å². The Bertz CT molecular complexity index is 1710. The highest BCUT2D eigenvalue weighted by Gasteiger charge is 2.71. The molecule has 6 heteroatoms. The van der Waals surface area contributed by atoms with Crippen molar-refractivity contribution in [2.75, 3.05) is 12.0 Å². The maximum Gasteiger partial charge on any atom is 0.185 e. The molecule has 0 amide bonds. The third-order valence-corrected chi connectivity index (χ3v) is 9.04. The number of fused-ring (bicyclic) bond motifs is 5. The van der Waals surface area contributed by atoms with E-state index in [4.69, 9.17) is 4.74 Å². The third-order valence-electron chi connectivity index (χ3n) is 8.55. The number of halogens is 1. The van der Waals surface area contributed by atoms with Crippen LogP contribution in [0.1, 0.15) is 48.1 Å². The number of ketones is 3. The summed E-state index contributed by atoms with van der Waals surface area (Å²) in [6.07, 6.45) is 3.90. The molecule has 3 aliphatic rings. The number of Topliss-reactive ketones (excluding diaryl/α,β-unsaturated/α-hetero) is 3. The number of methoxy groups -OCH3 is 1. The zero-order valence-corrected chi connectivity index (χ0v) is 23.2. The van der Waals surface area contributed by atoms with Crippen molar-refractivity contribution in [2.24, 2.45) is 5.41 Å². The van der Waals surface area contributed by atoms with E-state index in [2.05, 4.69) is 15.9 Å². The van der Waals surface area contributed by atoms with Crippen LogP contribution in [0.3, 0.4) is 0 Å². The van der Waals surface area contributed by atoms with E-state index in [1.165, 1.54) is 0 Å². The fourth-order valence-corrected chi connectivity index (χ4v) is 7.31. The second-order valence-corrected chi connectivity index (χ2v) is 11.3. The summed E-state index contributed by atoms with van der Waals surface area (Å²) in [6.45, 7) is 0. The average Bonchev–Trinajstić information content (AvgIpc) is 3.43. The van der Waals surface area contributed by atoms with Crippen molar-refractivity contribution in [3.63, 3.8) is 0 Å². The maximum atomic E-state index is 14.7. The van der Waals surface area contributed by atoms with Gasteiger partial charge in [-0.05, 0) is 41.5 Å². The molecule has 2 aliphatic heterocycles. The third kappa shape index (κ3) is 3.29. The number of hydrogen-bond donors (Lipinski definition) is 0. The first-order chi connectivity index (χ1) is 19.5. The Balaban J connectivity index is 1.56. The summed E-state index contributed by atoms with van der Waals surface area (Å²) >= 11 is 3.57. The van der Waals surface area contributed by atoms with Crippen LogP contribution in [0.25, 0.3) is 6.08 Å². The smallest absolute Gasteiger partial charge is 0.185 e. The van der Waals surface area contributed by atoms with Crippen molar-refractivity contribution in [1.29, 1.82) is 0 Å². The summed E-state index contributed by atoms with van der Waals surface area (Å²) in [5.41, 5.74) is 2.24. The number of carbonyl (C=O) groups excluding carboxylic acids is 3. The van der Waals surface area contributed by atoms with Gasteiger partial charge >= 0.3 is 0 Å². The maximum absolute atomic E-state index is 14.7. The van der Waals surface area contributed by atoms with E-state index in [9.17, 15) is 14.4 Å². The highest BCUT2D eigenvalue weighted by Crippen LogP contribution is 2.61. The fraction of sp³-hybridized carbons (Fsp3) is 0.147. The van der Waals surface area contributed by atoms with Crippen LogP contribution in [-0.4, -0.2) is 36.5 Å². The quantitative estimate of drug-likeness (QED) is 0.194. The Morgan fingerprint density at radius 1 is 0.850 bits per heavy atom. The number of carbonyl (C=O) groups is 3. The number of rotatable bonds is 4. The van der Waals surface area contributed by atoms with Gasteiger partial charge in [-0.3, -0.25) is 14.4 Å². The molecule has 0 N–H and O–H groups in total. The van der Waals surface area contributed by atoms with Crippen molar-refractivity contribution in [3.05, 3.63) is 135 Å². The first-order valence-corrected chi connectivity index (χ1v) is 13.9. The molecule has 5 nitrogen and oxygen atoms in total. The molecule has 7 rings (SSSR count). The molecular weight excluding hydrogens is 566 g/mol. The largest absolute Gasteiger partial charge is 0.497 e. The molecule has 0 saturated carbocycles. The van der Waals surface area contributed by atoms with Crippen molar-refractivity contribution >= 4 is 45.0 Å². The van der Waals surface area contributed by atoms with Gasteiger partial charge in [0, 0.05) is 32.8 Å². The first-order valence-electron chi connectivity index (χ1n) is 13.1. The minimum absolute atomic E-state index is 0.143. The molecule has 4 aromatic carbocycles. The number of benzene rings is 4. The van der Waals surface area contributed by atoms with Gasteiger partial charge < -0.3 is 9.64 Å². The molecule has 1 spiro atoms. The number of nitrogens with zero attached hydrogens (tertiary/aromatic N) is 1. The van der Waals surface area contributed by atoms with Gasteiger partial charge in [-0.2, -0.15) is 0 Å². The Hall–Kier alpha value is -4.29. The van der Waals surface area contributed by atoms with Crippen LogP contribution < -0.4 is 9.64 Å². The van der Waals surface area contributed by atoms with E-state index in [0.717, 1.165) is 15.7 Å². The van der Waals surface area contributed by atoms with Crippen LogP contribution in [-0.2, 0) is 0 Å². The summed E-state index contributed by atoms with van der Waals surface area (Å²) < 4.78 is 6.46. The molecule has 1 fully saturated rings. The number of ether oxygens (including phenoxy) is 1. The molecule has 4 aromatic rings. The zero-order chi connectivity index (χ0) is 27.6. The van der Waals surface area contributed by atoms with Crippen LogP contribution in [0.4, 0.5) is 5.69 Å². The predicted octanol–water partition coefficient (Wildman–Crippen LogP) is 6.77. The monoisotopic (exact) mass is 589 g/mol. The van der Waals surface area contributed by atoms with Gasteiger partial charge in [-0.15, -0.1) is 0 Å². The molecule has 0 aromatic heterocycles. The average molecular weight is 590 g/mol. The molecule has 1 saturated heterocycles. The van der Waals surface area contributed by atoms with Crippen LogP contribution in [0.15, 0.2) is 108 Å². The lowest BCUT2D eigenvalue weighted by molar-refractivity contribution is 0.0665.